The molecule has 2 aromatic heterocycles. The average molecular weight is 460 g/mol. The molecule has 0 aliphatic carbocycles. The minimum atomic E-state index is -0.306. The van der Waals surface area contributed by atoms with Crippen molar-refractivity contribution in [2.45, 2.75) is 10.9 Å². The van der Waals surface area contributed by atoms with Crippen LogP contribution in [0.15, 0.2) is 88.5 Å². The van der Waals surface area contributed by atoms with Gasteiger partial charge in [-0.05, 0) is 48.5 Å². The monoisotopic (exact) mass is 459 g/mol. The summed E-state index contributed by atoms with van der Waals surface area (Å²) in [4.78, 5) is 4.48. The van der Waals surface area contributed by atoms with Crippen molar-refractivity contribution in [2.75, 3.05) is 7.11 Å². The van der Waals surface area contributed by atoms with E-state index in [0.717, 1.165) is 22.6 Å². The number of aromatic nitrogens is 5. The molecule has 7 nitrogen and oxygen atoms in total. The van der Waals surface area contributed by atoms with Gasteiger partial charge in [-0.2, -0.15) is 4.98 Å². The Labute approximate surface area is 193 Å². The number of hydrogen-bond acceptors (Lipinski definition) is 7. The van der Waals surface area contributed by atoms with Gasteiger partial charge in [0.25, 0.3) is 0 Å². The van der Waals surface area contributed by atoms with Crippen molar-refractivity contribution < 1.29 is 13.7 Å². The summed E-state index contributed by atoms with van der Waals surface area (Å²) < 4.78 is 26.0. The molecule has 5 rings (SSSR count). The highest BCUT2D eigenvalue weighted by Gasteiger charge is 2.18. The van der Waals surface area contributed by atoms with Gasteiger partial charge >= 0.3 is 0 Å². The highest BCUT2D eigenvalue weighted by atomic mass is 32.2. The van der Waals surface area contributed by atoms with Crippen LogP contribution in [0.3, 0.4) is 0 Å². The van der Waals surface area contributed by atoms with E-state index in [1.54, 1.807) is 19.2 Å². The van der Waals surface area contributed by atoms with E-state index in [1.165, 1.54) is 23.9 Å². The summed E-state index contributed by atoms with van der Waals surface area (Å²) >= 11 is 1.41. The van der Waals surface area contributed by atoms with E-state index in [9.17, 15) is 4.39 Å². The van der Waals surface area contributed by atoms with E-state index in [4.69, 9.17) is 9.26 Å². The zero-order valence-corrected chi connectivity index (χ0v) is 18.4. The molecule has 3 aromatic carbocycles. The molecular formula is C24H18FN5O2S. The van der Waals surface area contributed by atoms with Crippen molar-refractivity contribution in [2.24, 2.45) is 0 Å². The smallest absolute Gasteiger partial charge is 0.237 e. The van der Waals surface area contributed by atoms with E-state index in [1.807, 2.05) is 59.2 Å². The zero-order valence-electron chi connectivity index (χ0n) is 17.6. The lowest BCUT2D eigenvalue weighted by Crippen LogP contribution is -2.00. The molecule has 164 valence electrons. The Balaban J connectivity index is 1.41. The summed E-state index contributed by atoms with van der Waals surface area (Å²) in [6, 6.07) is 23.4. The third-order valence-corrected chi connectivity index (χ3v) is 5.80. The van der Waals surface area contributed by atoms with Gasteiger partial charge in [0, 0.05) is 16.8 Å². The average Bonchev–Trinajstić information content (AvgIpc) is 3.51. The van der Waals surface area contributed by atoms with E-state index in [2.05, 4.69) is 20.3 Å². The van der Waals surface area contributed by atoms with Crippen LogP contribution in [0.1, 0.15) is 5.89 Å². The van der Waals surface area contributed by atoms with Gasteiger partial charge in [0.05, 0.1) is 12.9 Å². The Morgan fingerprint density at radius 1 is 0.909 bits per heavy atom. The van der Waals surface area contributed by atoms with Crippen LogP contribution in [0.5, 0.6) is 5.75 Å². The Hall–Kier alpha value is -3.98. The van der Waals surface area contributed by atoms with Crippen LogP contribution >= 0.6 is 11.8 Å². The summed E-state index contributed by atoms with van der Waals surface area (Å²) in [6.45, 7) is 0. The first-order valence-electron chi connectivity index (χ1n) is 10.1. The number of halogens is 1. The lowest BCUT2D eigenvalue weighted by Gasteiger charge is -2.10. The molecule has 0 aliphatic heterocycles. The van der Waals surface area contributed by atoms with Gasteiger partial charge < -0.3 is 9.26 Å². The van der Waals surface area contributed by atoms with Crippen molar-refractivity contribution in [1.29, 1.82) is 0 Å². The number of hydrogen-bond donors (Lipinski definition) is 0. The fourth-order valence-corrected chi connectivity index (χ4v) is 4.05. The zero-order chi connectivity index (χ0) is 22.6. The second-order valence-electron chi connectivity index (χ2n) is 7.01. The van der Waals surface area contributed by atoms with Crippen molar-refractivity contribution in [1.82, 2.24) is 24.9 Å². The van der Waals surface area contributed by atoms with Gasteiger partial charge in [-0.1, -0.05) is 47.3 Å². The number of nitrogens with zero attached hydrogens (tertiary/aromatic N) is 5. The van der Waals surface area contributed by atoms with Crippen molar-refractivity contribution >= 4 is 11.8 Å². The molecule has 0 aliphatic rings. The maximum absolute atomic E-state index is 13.5. The molecule has 0 N–H and O–H groups in total. The van der Waals surface area contributed by atoms with Gasteiger partial charge in [0.15, 0.2) is 11.0 Å². The highest BCUT2D eigenvalue weighted by molar-refractivity contribution is 7.98. The summed E-state index contributed by atoms with van der Waals surface area (Å²) in [5.74, 6) is 2.47. The lowest BCUT2D eigenvalue weighted by atomic mass is 10.2. The fraction of sp³-hybridized carbons (Fsp3) is 0.0833. The third-order valence-electron chi connectivity index (χ3n) is 4.89. The predicted octanol–water partition coefficient (Wildman–Crippen LogP) is 5.42. The molecule has 0 unspecified atom stereocenters. The molecule has 0 saturated carbocycles. The van der Waals surface area contributed by atoms with Gasteiger partial charge in [0.1, 0.15) is 11.6 Å². The molecule has 33 heavy (non-hydrogen) atoms. The molecule has 2 heterocycles. The summed E-state index contributed by atoms with van der Waals surface area (Å²) in [6.07, 6.45) is 0. The maximum Gasteiger partial charge on any atom is 0.237 e. The fourth-order valence-electron chi connectivity index (χ4n) is 3.26. The van der Waals surface area contributed by atoms with E-state index >= 15 is 0 Å². The van der Waals surface area contributed by atoms with Crippen molar-refractivity contribution in [3.8, 4) is 34.2 Å². The van der Waals surface area contributed by atoms with Gasteiger partial charge in [0.2, 0.25) is 11.7 Å². The molecule has 0 fully saturated rings. The van der Waals surface area contributed by atoms with E-state index in [-0.39, 0.29) is 5.82 Å². The first kappa shape index (κ1) is 20.9. The summed E-state index contributed by atoms with van der Waals surface area (Å²) in [5.41, 5.74) is 2.49. The Morgan fingerprint density at radius 3 is 2.39 bits per heavy atom. The molecule has 0 bridgehead atoms. The number of rotatable bonds is 7. The number of thioether (sulfide) groups is 1. The van der Waals surface area contributed by atoms with E-state index < -0.39 is 0 Å². The number of methoxy groups -OCH3 is 1. The first-order chi connectivity index (χ1) is 16.2. The van der Waals surface area contributed by atoms with Crippen LogP contribution in [0, 0.1) is 5.82 Å². The largest absolute Gasteiger partial charge is 0.497 e. The Kier molecular flexibility index (Phi) is 5.86. The lowest BCUT2D eigenvalue weighted by molar-refractivity contribution is 0.391. The van der Waals surface area contributed by atoms with Crippen LogP contribution < -0.4 is 4.74 Å². The third kappa shape index (κ3) is 4.49. The number of ether oxygens (including phenoxy) is 1. The molecule has 0 radical (unpaired) electrons. The second kappa shape index (κ2) is 9.25. The molecule has 0 saturated heterocycles. The molecule has 0 spiro atoms. The number of benzene rings is 3. The standard InChI is InChI=1S/C24H18FN5O2S/c1-31-20-13-7-16(8-14-20)22-26-21(32-29-22)15-33-24-28-27-23(17-5-3-2-4-6-17)30(24)19-11-9-18(25)10-12-19/h2-14H,15H2,1H3. The first-order valence-corrected chi connectivity index (χ1v) is 11.1. The van der Waals surface area contributed by atoms with Crippen LogP contribution in [-0.2, 0) is 5.75 Å². The van der Waals surface area contributed by atoms with Crippen molar-refractivity contribution in [3.63, 3.8) is 0 Å². The van der Waals surface area contributed by atoms with Crippen LogP contribution in [0.4, 0.5) is 4.39 Å². The predicted molar refractivity (Wildman–Crippen MR) is 123 cm³/mol. The summed E-state index contributed by atoms with van der Waals surface area (Å²) in [5, 5.41) is 13.5. The Bertz CT molecular complexity index is 1350. The van der Waals surface area contributed by atoms with Gasteiger partial charge in [-0.15, -0.1) is 10.2 Å². The second-order valence-corrected chi connectivity index (χ2v) is 7.96. The maximum atomic E-state index is 13.5. The minimum absolute atomic E-state index is 0.306. The van der Waals surface area contributed by atoms with E-state index in [0.29, 0.717) is 28.4 Å². The van der Waals surface area contributed by atoms with Gasteiger partial charge in [-0.25, -0.2) is 4.39 Å². The molecule has 0 atom stereocenters. The SMILES string of the molecule is COc1ccc(-c2noc(CSc3nnc(-c4ccccc4)n3-c3ccc(F)cc3)n2)cc1. The van der Waals surface area contributed by atoms with Gasteiger partial charge in [-0.3, -0.25) is 4.57 Å². The van der Waals surface area contributed by atoms with Crippen LogP contribution in [0.25, 0.3) is 28.5 Å². The molecule has 0 amide bonds. The molecular weight excluding hydrogens is 441 g/mol. The minimum Gasteiger partial charge on any atom is -0.497 e. The Morgan fingerprint density at radius 2 is 1.67 bits per heavy atom. The van der Waals surface area contributed by atoms with Crippen LogP contribution in [0.2, 0.25) is 0 Å². The van der Waals surface area contributed by atoms with Crippen molar-refractivity contribution in [3.05, 3.63) is 90.6 Å². The summed E-state index contributed by atoms with van der Waals surface area (Å²) in [7, 11) is 1.62. The normalized spacial score (nSPS) is 11.0. The topological polar surface area (TPSA) is 78.9 Å². The molecule has 9 heteroatoms. The highest BCUT2D eigenvalue weighted by Crippen LogP contribution is 2.30. The quantitative estimate of drug-likeness (QED) is 0.301. The van der Waals surface area contributed by atoms with Crippen LogP contribution in [-0.4, -0.2) is 32.0 Å². The molecule has 5 aromatic rings.